The molecule has 15 heavy (non-hydrogen) atoms. The van der Waals surface area contributed by atoms with Crippen LogP contribution < -0.4 is 10.6 Å². The third-order valence-electron chi connectivity index (χ3n) is 2.65. The number of rotatable bonds is 1. The van der Waals surface area contributed by atoms with Gasteiger partial charge in [-0.05, 0) is 6.07 Å². The van der Waals surface area contributed by atoms with Gasteiger partial charge in [-0.25, -0.2) is 0 Å². The molecular weight excluding hydrogens is 188 g/mol. The van der Waals surface area contributed by atoms with E-state index < -0.39 is 6.04 Å². The second-order valence-electron chi connectivity index (χ2n) is 3.50. The summed E-state index contributed by atoms with van der Waals surface area (Å²) in [6.07, 6.45) is 4.36. The minimum absolute atomic E-state index is 0.391. The summed E-state index contributed by atoms with van der Waals surface area (Å²) in [7, 11) is 0. The van der Waals surface area contributed by atoms with Crippen LogP contribution in [0.15, 0.2) is 46.0 Å². The quantitative estimate of drug-likeness (QED) is 0.583. The molecule has 72 valence electrons. The van der Waals surface area contributed by atoms with Gasteiger partial charge in [0.05, 0.1) is 5.36 Å². The molecule has 0 fully saturated rings. The van der Waals surface area contributed by atoms with Crippen LogP contribution in [0.2, 0.25) is 0 Å². The Labute approximate surface area is 86.2 Å². The van der Waals surface area contributed by atoms with Crippen molar-refractivity contribution in [2.45, 2.75) is 6.04 Å². The minimum Gasteiger partial charge on any atom is -0.301 e. The van der Waals surface area contributed by atoms with Gasteiger partial charge in [0.25, 0.3) is 0 Å². The second kappa shape index (κ2) is 2.98. The molecule has 0 radical (unpaired) electrons. The van der Waals surface area contributed by atoms with Gasteiger partial charge in [0, 0.05) is 28.8 Å². The Hall–Kier alpha value is -2.03. The van der Waals surface area contributed by atoms with Crippen molar-refractivity contribution in [2.75, 3.05) is 0 Å². The number of hydrogen-bond donors (Lipinski definition) is 0. The molecule has 1 aromatic carbocycles. The number of fused-ring (bicyclic) bond motifs is 2. The number of carbonyl (C=O) groups is 1. The number of carbonyl (C=O) groups excluding carboxylic acids is 1. The molecule has 0 N–H and O–H groups in total. The van der Waals surface area contributed by atoms with Crippen LogP contribution in [0.4, 0.5) is 0 Å². The highest BCUT2D eigenvalue weighted by atomic mass is 16.1. The van der Waals surface area contributed by atoms with Crippen LogP contribution in [0.5, 0.6) is 0 Å². The molecule has 3 heteroatoms. The molecule has 0 aliphatic carbocycles. The predicted molar refractivity (Wildman–Crippen MR) is 57.1 cm³/mol. The summed E-state index contributed by atoms with van der Waals surface area (Å²) in [6.45, 7) is 0. The van der Waals surface area contributed by atoms with Crippen LogP contribution in [0, 0.1) is 0 Å². The Balaban J connectivity index is 2.45. The van der Waals surface area contributed by atoms with E-state index in [1.165, 1.54) is 0 Å². The molecule has 2 aliphatic rings. The standard InChI is InChI=1S/C12H8N2O/c15-7-12-10-6-13-5-9(10)8-3-1-2-4-11(8)14-12/h1-7,12H. The molecule has 0 saturated carbocycles. The van der Waals surface area contributed by atoms with Gasteiger partial charge >= 0.3 is 0 Å². The normalized spacial score (nSPS) is 21.5. The van der Waals surface area contributed by atoms with Gasteiger partial charge in [0.2, 0.25) is 0 Å². The van der Waals surface area contributed by atoms with Gasteiger partial charge in [-0.2, -0.15) is 0 Å². The molecule has 3 rings (SSSR count). The first-order valence-electron chi connectivity index (χ1n) is 4.76. The zero-order valence-corrected chi connectivity index (χ0v) is 7.92. The summed E-state index contributed by atoms with van der Waals surface area (Å²) in [4.78, 5) is 19.4. The van der Waals surface area contributed by atoms with E-state index in [-0.39, 0.29) is 0 Å². The minimum atomic E-state index is -0.391. The predicted octanol–water partition coefficient (Wildman–Crippen LogP) is 0.00630. The van der Waals surface area contributed by atoms with Crippen molar-refractivity contribution in [1.82, 2.24) is 0 Å². The topological polar surface area (TPSA) is 41.8 Å². The molecule has 3 nitrogen and oxygen atoms in total. The Morgan fingerprint density at radius 1 is 1.27 bits per heavy atom. The third kappa shape index (κ3) is 1.09. The van der Waals surface area contributed by atoms with E-state index in [2.05, 4.69) is 9.98 Å². The number of aliphatic imine (C=N–C) groups is 1. The first kappa shape index (κ1) is 8.29. The van der Waals surface area contributed by atoms with E-state index in [0.29, 0.717) is 0 Å². The van der Waals surface area contributed by atoms with Crippen LogP contribution in [0.1, 0.15) is 0 Å². The Morgan fingerprint density at radius 2 is 2.13 bits per heavy atom. The van der Waals surface area contributed by atoms with Crippen LogP contribution in [0.25, 0.3) is 5.57 Å². The summed E-state index contributed by atoms with van der Waals surface area (Å²) in [6, 6.07) is 7.41. The number of benzene rings is 1. The first-order chi connectivity index (χ1) is 7.40. The molecule has 0 bridgehead atoms. The van der Waals surface area contributed by atoms with Gasteiger partial charge in [-0.3, -0.25) is 9.98 Å². The van der Waals surface area contributed by atoms with Crippen LogP contribution >= 0.6 is 0 Å². The molecular formula is C12H8N2O. The summed E-state index contributed by atoms with van der Waals surface area (Å²) < 4.78 is 0. The number of aldehydes is 1. The van der Waals surface area contributed by atoms with E-state index in [9.17, 15) is 4.79 Å². The fourth-order valence-electron chi connectivity index (χ4n) is 1.93. The lowest BCUT2D eigenvalue weighted by Gasteiger charge is -2.12. The zero-order valence-electron chi connectivity index (χ0n) is 7.92. The van der Waals surface area contributed by atoms with Crippen molar-refractivity contribution in [1.29, 1.82) is 0 Å². The maximum absolute atomic E-state index is 10.9. The third-order valence-corrected chi connectivity index (χ3v) is 2.65. The zero-order chi connectivity index (χ0) is 10.3. The first-order valence-corrected chi connectivity index (χ1v) is 4.76. The Kier molecular flexibility index (Phi) is 1.65. The molecule has 1 unspecified atom stereocenters. The van der Waals surface area contributed by atoms with Gasteiger partial charge in [0.1, 0.15) is 12.3 Å². The monoisotopic (exact) mass is 196 g/mol. The highest BCUT2D eigenvalue weighted by molar-refractivity contribution is 6.13. The van der Waals surface area contributed by atoms with Crippen molar-refractivity contribution >= 4 is 18.1 Å². The van der Waals surface area contributed by atoms with Crippen molar-refractivity contribution in [3.8, 4) is 0 Å². The number of hydrogen-bond acceptors (Lipinski definition) is 3. The van der Waals surface area contributed by atoms with Crippen molar-refractivity contribution in [3.05, 3.63) is 46.6 Å². The van der Waals surface area contributed by atoms with Crippen molar-refractivity contribution < 1.29 is 4.79 Å². The highest BCUT2D eigenvalue weighted by Crippen LogP contribution is 2.20. The number of nitrogens with zero attached hydrogens (tertiary/aromatic N) is 2. The average molecular weight is 196 g/mol. The smallest absolute Gasteiger partial charge is 0.149 e. The SMILES string of the molecule is O=CC1N=c2ccccc2=C2C=NC=C21. The summed E-state index contributed by atoms with van der Waals surface area (Å²) in [5, 5.41) is 1.93. The lowest BCUT2D eigenvalue weighted by atomic mass is 9.97. The van der Waals surface area contributed by atoms with E-state index >= 15 is 0 Å². The molecule has 0 amide bonds. The van der Waals surface area contributed by atoms with E-state index in [0.717, 1.165) is 28.0 Å². The molecule has 2 heterocycles. The summed E-state index contributed by atoms with van der Waals surface area (Å²) >= 11 is 0. The molecule has 1 aromatic rings. The molecule has 1 atom stereocenters. The fourth-order valence-corrected chi connectivity index (χ4v) is 1.93. The highest BCUT2D eigenvalue weighted by Gasteiger charge is 2.22. The van der Waals surface area contributed by atoms with Crippen LogP contribution in [-0.2, 0) is 4.79 Å². The largest absolute Gasteiger partial charge is 0.301 e. The number of para-hydroxylation sites is 1. The Morgan fingerprint density at radius 3 is 3.00 bits per heavy atom. The van der Waals surface area contributed by atoms with Gasteiger partial charge in [-0.15, -0.1) is 0 Å². The van der Waals surface area contributed by atoms with E-state index in [4.69, 9.17) is 0 Å². The van der Waals surface area contributed by atoms with Crippen LogP contribution in [0.3, 0.4) is 0 Å². The molecule has 2 aliphatic heterocycles. The molecule has 0 aromatic heterocycles. The fraction of sp³-hybridized carbons (Fsp3) is 0.0833. The maximum Gasteiger partial charge on any atom is 0.149 e. The lowest BCUT2D eigenvalue weighted by molar-refractivity contribution is -0.108. The summed E-state index contributed by atoms with van der Waals surface area (Å²) in [5.74, 6) is 0. The van der Waals surface area contributed by atoms with Crippen molar-refractivity contribution in [3.63, 3.8) is 0 Å². The van der Waals surface area contributed by atoms with Gasteiger partial charge in [-0.1, -0.05) is 18.2 Å². The lowest BCUT2D eigenvalue weighted by Crippen LogP contribution is -2.35. The Bertz CT molecular complexity index is 611. The molecule has 0 saturated heterocycles. The molecule has 0 spiro atoms. The maximum atomic E-state index is 10.9. The van der Waals surface area contributed by atoms with Gasteiger partial charge in [0.15, 0.2) is 0 Å². The summed E-state index contributed by atoms with van der Waals surface area (Å²) in [5.41, 5.74) is 1.93. The van der Waals surface area contributed by atoms with Crippen LogP contribution in [-0.4, -0.2) is 18.5 Å². The van der Waals surface area contributed by atoms with Crippen molar-refractivity contribution in [2.24, 2.45) is 9.98 Å². The van der Waals surface area contributed by atoms with E-state index in [1.807, 2.05) is 24.3 Å². The van der Waals surface area contributed by atoms with E-state index in [1.54, 1.807) is 12.4 Å². The van der Waals surface area contributed by atoms with Gasteiger partial charge < -0.3 is 4.79 Å². The average Bonchev–Trinajstić information content (AvgIpc) is 2.77. The second-order valence-corrected chi connectivity index (χ2v) is 3.50.